The van der Waals surface area contributed by atoms with Crippen molar-refractivity contribution in [2.24, 2.45) is 0 Å². The van der Waals surface area contributed by atoms with E-state index in [4.69, 9.17) is 16.6 Å². The van der Waals surface area contributed by atoms with Gasteiger partial charge in [-0.1, -0.05) is 48.0 Å². The highest BCUT2D eigenvalue weighted by Gasteiger charge is 2.24. The van der Waals surface area contributed by atoms with Gasteiger partial charge in [-0.15, -0.1) is 0 Å². The van der Waals surface area contributed by atoms with Crippen molar-refractivity contribution in [3.63, 3.8) is 0 Å². The third kappa shape index (κ3) is 4.74. The van der Waals surface area contributed by atoms with E-state index in [1.54, 1.807) is 32.0 Å². The zero-order chi connectivity index (χ0) is 24.0. The van der Waals surface area contributed by atoms with E-state index in [1.807, 2.05) is 66.2 Å². The molecule has 0 amide bonds. The fraction of sp³-hybridized carbons (Fsp3) is 0.192. The second-order valence-corrected chi connectivity index (χ2v) is 11.1. The summed E-state index contributed by atoms with van der Waals surface area (Å²) in [7, 11) is -3.29. The number of nitrogens with zero attached hydrogens (tertiary/aromatic N) is 2. The molecule has 5 nitrogen and oxygen atoms in total. The van der Waals surface area contributed by atoms with Crippen molar-refractivity contribution in [2.45, 2.75) is 31.3 Å². The number of hydrogen-bond acceptors (Lipinski definition) is 4. The van der Waals surface area contributed by atoms with E-state index in [2.05, 4.69) is 0 Å². The Morgan fingerprint density at radius 2 is 1.64 bits per heavy atom. The van der Waals surface area contributed by atoms with Gasteiger partial charge in [0.15, 0.2) is 9.84 Å². The minimum absolute atomic E-state index is 0.282. The van der Waals surface area contributed by atoms with Gasteiger partial charge >= 0.3 is 0 Å². The lowest BCUT2D eigenvalue weighted by Crippen LogP contribution is -2.15. The maximum Gasteiger partial charge on any atom is 0.175 e. The molecule has 7 heteroatoms. The third-order valence-electron chi connectivity index (χ3n) is 5.52. The summed E-state index contributed by atoms with van der Waals surface area (Å²) in [5, 5.41) is 11.2. The van der Waals surface area contributed by atoms with Gasteiger partial charge in [0, 0.05) is 23.7 Å². The molecule has 0 bridgehead atoms. The Kier molecular flexibility index (Phi) is 5.95. The molecule has 4 aromatic rings. The molecular weight excluding hydrogens is 456 g/mol. The summed E-state index contributed by atoms with van der Waals surface area (Å²) >= 11 is 6.54. The number of hydrogen-bond donors (Lipinski definition) is 1. The number of aryl methyl sites for hydroxylation is 1. The number of aliphatic hydroxyl groups is 1. The Balaban J connectivity index is 1.83. The van der Waals surface area contributed by atoms with Crippen LogP contribution in [0, 0.1) is 6.92 Å². The lowest BCUT2D eigenvalue weighted by Gasteiger charge is -2.13. The Labute approximate surface area is 199 Å². The predicted octanol–water partition coefficient (Wildman–Crippen LogP) is 5.80. The zero-order valence-corrected chi connectivity index (χ0v) is 20.4. The molecule has 0 aliphatic heterocycles. The van der Waals surface area contributed by atoms with Crippen molar-refractivity contribution in [1.82, 2.24) is 9.55 Å². The first kappa shape index (κ1) is 23.2. The molecule has 0 atom stereocenters. The number of benzene rings is 3. The van der Waals surface area contributed by atoms with Crippen molar-refractivity contribution >= 4 is 21.4 Å². The number of halogens is 1. The third-order valence-corrected chi connectivity index (χ3v) is 6.94. The summed E-state index contributed by atoms with van der Waals surface area (Å²) in [6.07, 6.45) is 3.02. The molecule has 0 spiro atoms. The number of sulfone groups is 1. The topological polar surface area (TPSA) is 72.2 Å². The Morgan fingerprint density at radius 1 is 0.970 bits per heavy atom. The average molecular weight is 481 g/mol. The highest BCUT2D eigenvalue weighted by Crippen LogP contribution is 2.34. The van der Waals surface area contributed by atoms with E-state index >= 15 is 0 Å². The first-order chi connectivity index (χ1) is 15.4. The van der Waals surface area contributed by atoms with Crippen LogP contribution in [0.4, 0.5) is 0 Å². The molecule has 1 aromatic heterocycles. The van der Waals surface area contributed by atoms with E-state index in [0.29, 0.717) is 16.5 Å². The minimum Gasteiger partial charge on any atom is -0.384 e. The van der Waals surface area contributed by atoms with Crippen molar-refractivity contribution < 1.29 is 13.5 Å². The van der Waals surface area contributed by atoms with Crippen LogP contribution in [-0.2, 0) is 15.4 Å². The first-order valence-electron chi connectivity index (χ1n) is 10.4. The fourth-order valence-electron chi connectivity index (χ4n) is 3.68. The molecule has 0 radical (unpaired) electrons. The summed E-state index contributed by atoms with van der Waals surface area (Å²) in [5.41, 5.74) is 3.74. The second kappa shape index (κ2) is 8.45. The lowest BCUT2D eigenvalue weighted by molar-refractivity contribution is 0.0743. The van der Waals surface area contributed by atoms with E-state index in [9.17, 15) is 13.5 Å². The normalized spacial score (nSPS) is 12.2. The van der Waals surface area contributed by atoms with E-state index in [-0.39, 0.29) is 4.90 Å². The van der Waals surface area contributed by atoms with Gasteiger partial charge in [-0.2, -0.15) is 0 Å². The predicted molar refractivity (Wildman–Crippen MR) is 133 cm³/mol. The van der Waals surface area contributed by atoms with Crippen LogP contribution in [0.15, 0.2) is 77.8 Å². The van der Waals surface area contributed by atoms with Crippen molar-refractivity contribution in [3.8, 4) is 28.2 Å². The number of aromatic nitrogens is 2. The Morgan fingerprint density at radius 3 is 2.24 bits per heavy atom. The SMILES string of the molecule is Cc1cccc(Cl)c1-c1nc(C(C)(C)O)cn1-c1ccc(-c2cccc(S(C)(=O)=O)c2)cc1. The molecule has 0 unspecified atom stereocenters. The Hall–Kier alpha value is -2.93. The van der Waals surface area contributed by atoms with Gasteiger partial charge in [-0.05, 0) is 67.8 Å². The molecule has 0 fully saturated rings. The van der Waals surface area contributed by atoms with Gasteiger partial charge in [0.1, 0.15) is 11.4 Å². The fourth-order valence-corrected chi connectivity index (χ4v) is 4.66. The molecule has 0 saturated heterocycles. The van der Waals surface area contributed by atoms with Crippen LogP contribution >= 0.6 is 11.6 Å². The maximum atomic E-state index is 11.9. The van der Waals surface area contributed by atoms with E-state index in [0.717, 1.165) is 27.9 Å². The van der Waals surface area contributed by atoms with Crippen molar-refractivity contribution in [3.05, 3.63) is 89.2 Å². The minimum atomic E-state index is -3.29. The van der Waals surface area contributed by atoms with Crippen LogP contribution in [0.1, 0.15) is 25.1 Å². The largest absolute Gasteiger partial charge is 0.384 e. The zero-order valence-electron chi connectivity index (χ0n) is 18.9. The molecule has 3 aromatic carbocycles. The van der Waals surface area contributed by atoms with Gasteiger partial charge < -0.3 is 5.11 Å². The standard InChI is InChI=1S/C26H25ClN2O3S/c1-17-7-5-10-22(27)24(17)25-28-23(26(2,3)30)16-29(25)20-13-11-18(12-14-20)19-8-6-9-21(15-19)33(4,31)32/h5-16,30H,1-4H3. The van der Waals surface area contributed by atoms with E-state index in [1.165, 1.54) is 6.26 Å². The van der Waals surface area contributed by atoms with Crippen LogP contribution < -0.4 is 0 Å². The molecule has 0 aliphatic rings. The van der Waals surface area contributed by atoms with Gasteiger partial charge in [0.2, 0.25) is 0 Å². The quantitative estimate of drug-likeness (QED) is 0.392. The van der Waals surface area contributed by atoms with Crippen LogP contribution in [0.3, 0.4) is 0 Å². The molecule has 170 valence electrons. The summed E-state index contributed by atoms with van der Waals surface area (Å²) < 4.78 is 25.8. The highest BCUT2D eigenvalue weighted by atomic mass is 35.5. The first-order valence-corrected chi connectivity index (χ1v) is 12.7. The molecule has 0 aliphatic carbocycles. The smallest absolute Gasteiger partial charge is 0.175 e. The summed E-state index contributed by atoms with van der Waals surface area (Å²) in [6, 6.07) is 20.3. The van der Waals surface area contributed by atoms with Crippen LogP contribution in [0.25, 0.3) is 28.2 Å². The van der Waals surface area contributed by atoms with Crippen LogP contribution in [0.2, 0.25) is 5.02 Å². The van der Waals surface area contributed by atoms with Crippen LogP contribution in [-0.4, -0.2) is 29.3 Å². The number of imidazole rings is 1. The molecule has 1 N–H and O–H groups in total. The van der Waals surface area contributed by atoms with Crippen molar-refractivity contribution in [2.75, 3.05) is 6.26 Å². The monoisotopic (exact) mass is 480 g/mol. The summed E-state index contributed by atoms with van der Waals surface area (Å²) in [4.78, 5) is 5.01. The van der Waals surface area contributed by atoms with Gasteiger partial charge in [-0.25, -0.2) is 13.4 Å². The molecule has 0 saturated carbocycles. The maximum absolute atomic E-state index is 11.9. The molecular formula is C26H25ClN2O3S. The van der Waals surface area contributed by atoms with Crippen molar-refractivity contribution in [1.29, 1.82) is 0 Å². The van der Waals surface area contributed by atoms with Crippen LogP contribution in [0.5, 0.6) is 0 Å². The number of rotatable bonds is 5. The van der Waals surface area contributed by atoms with Gasteiger partial charge in [-0.3, -0.25) is 4.57 Å². The molecule has 33 heavy (non-hydrogen) atoms. The average Bonchev–Trinajstić information content (AvgIpc) is 3.19. The van der Waals surface area contributed by atoms with Gasteiger partial charge in [0.05, 0.1) is 15.6 Å². The second-order valence-electron chi connectivity index (χ2n) is 8.66. The van der Waals surface area contributed by atoms with E-state index < -0.39 is 15.4 Å². The molecule has 1 heterocycles. The summed E-state index contributed by atoms with van der Waals surface area (Å²) in [6.45, 7) is 5.36. The lowest BCUT2D eigenvalue weighted by atomic mass is 10.1. The highest BCUT2D eigenvalue weighted by molar-refractivity contribution is 7.90. The van der Waals surface area contributed by atoms with Gasteiger partial charge in [0.25, 0.3) is 0 Å². The Bertz CT molecular complexity index is 1410. The summed E-state index contributed by atoms with van der Waals surface area (Å²) in [5.74, 6) is 0.641. The molecule has 4 rings (SSSR count).